The summed E-state index contributed by atoms with van der Waals surface area (Å²) in [5, 5.41) is 0.762. The second-order valence-electron chi connectivity index (χ2n) is 5.70. The van der Waals surface area contributed by atoms with Gasteiger partial charge >= 0.3 is 0 Å². The van der Waals surface area contributed by atoms with Crippen molar-refractivity contribution in [2.45, 2.75) is 18.9 Å². The first-order chi connectivity index (χ1) is 11.2. The number of hydrogen-bond acceptors (Lipinski definition) is 5. The van der Waals surface area contributed by atoms with Crippen molar-refractivity contribution >= 4 is 34.3 Å². The minimum absolute atomic E-state index is 0.282. The van der Waals surface area contributed by atoms with Gasteiger partial charge in [-0.2, -0.15) is 0 Å². The smallest absolute Gasteiger partial charge is 0.153 e. The molecule has 5 nitrogen and oxygen atoms in total. The van der Waals surface area contributed by atoms with Crippen LogP contribution in [-0.2, 0) is 0 Å². The number of nitrogen functional groups attached to an aromatic ring is 1. The van der Waals surface area contributed by atoms with E-state index < -0.39 is 0 Å². The predicted molar refractivity (Wildman–Crippen MR) is 92.5 cm³/mol. The van der Waals surface area contributed by atoms with Crippen molar-refractivity contribution in [1.29, 1.82) is 0 Å². The van der Waals surface area contributed by atoms with Crippen molar-refractivity contribution in [3.63, 3.8) is 0 Å². The highest BCUT2D eigenvalue weighted by Crippen LogP contribution is 2.36. The Labute approximate surface area is 139 Å². The van der Waals surface area contributed by atoms with Crippen LogP contribution in [0.15, 0.2) is 42.7 Å². The number of halogens is 1. The largest absolute Gasteiger partial charge is 0.382 e. The van der Waals surface area contributed by atoms with E-state index in [1.165, 1.54) is 11.9 Å². The number of nitrogens with zero attached hydrogens (tertiary/aromatic N) is 4. The lowest BCUT2D eigenvalue weighted by atomic mass is 10.0. The van der Waals surface area contributed by atoms with Gasteiger partial charge in [0.05, 0.1) is 11.6 Å². The second-order valence-corrected chi connectivity index (χ2v) is 6.14. The van der Waals surface area contributed by atoms with Gasteiger partial charge in [-0.25, -0.2) is 15.0 Å². The standard InChI is InChI=1S/C17H16ClN5/c18-12-4-1-3-11(9-12)14-5-2-8-23(14)15-7-6-13-16(22-15)17(19)21-10-20-13/h1,3-4,6-7,9-10,14H,2,5,8H2,(H2,19,20,21). The molecule has 0 saturated carbocycles. The molecule has 1 fully saturated rings. The number of aromatic nitrogens is 3. The van der Waals surface area contributed by atoms with Gasteiger partial charge in [-0.3, -0.25) is 0 Å². The van der Waals surface area contributed by atoms with Crippen molar-refractivity contribution in [2.24, 2.45) is 0 Å². The number of benzene rings is 1. The monoisotopic (exact) mass is 325 g/mol. The van der Waals surface area contributed by atoms with Crippen LogP contribution in [0.2, 0.25) is 5.02 Å². The average molecular weight is 326 g/mol. The molecule has 1 unspecified atom stereocenters. The lowest BCUT2D eigenvalue weighted by Crippen LogP contribution is -2.23. The number of rotatable bonds is 2. The first-order valence-electron chi connectivity index (χ1n) is 7.62. The highest BCUT2D eigenvalue weighted by atomic mass is 35.5. The predicted octanol–water partition coefficient (Wildman–Crippen LogP) is 3.60. The summed E-state index contributed by atoms with van der Waals surface area (Å²) in [5.41, 5.74) is 8.57. The van der Waals surface area contributed by atoms with Crippen LogP contribution in [0.3, 0.4) is 0 Å². The van der Waals surface area contributed by atoms with Gasteiger partial charge in [0.1, 0.15) is 17.7 Å². The van der Waals surface area contributed by atoms with E-state index in [1.807, 2.05) is 30.3 Å². The molecule has 0 aliphatic carbocycles. The molecule has 0 bridgehead atoms. The number of anilines is 2. The van der Waals surface area contributed by atoms with Gasteiger partial charge in [0.2, 0.25) is 0 Å². The second kappa shape index (κ2) is 5.66. The molecule has 6 heteroatoms. The summed E-state index contributed by atoms with van der Waals surface area (Å²) in [6.07, 6.45) is 3.67. The molecule has 116 valence electrons. The number of fused-ring (bicyclic) bond motifs is 1. The van der Waals surface area contributed by atoms with Crippen molar-refractivity contribution in [3.8, 4) is 0 Å². The zero-order chi connectivity index (χ0) is 15.8. The molecule has 23 heavy (non-hydrogen) atoms. The first-order valence-corrected chi connectivity index (χ1v) is 7.99. The molecule has 1 aliphatic rings. The Morgan fingerprint density at radius 1 is 1.17 bits per heavy atom. The van der Waals surface area contributed by atoms with Gasteiger partial charge in [0.15, 0.2) is 5.82 Å². The zero-order valence-electron chi connectivity index (χ0n) is 12.5. The van der Waals surface area contributed by atoms with E-state index in [9.17, 15) is 0 Å². The Hall–Kier alpha value is -2.40. The molecule has 3 aromatic rings. The maximum absolute atomic E-state index is 6.15. The van der Waals surface area contributed by atoms with Crippen LogP contribution in [0.1, 0.15) is 24.4 Å². The molecule has 1 atom stereocenters. The maximum Gasteiger partial charge on any atom is 0.153 e. The molecule has 0 radical (unpaired) electrons. The van der Waals surface area contributed by atoms with Crippen molar-refractivity contribution < 1.29 is 0 Å². The molecule has 0 spiro atoms. The molecule has 1 aromatic carbocycles. The van der Waals surface area contributed by atoms with Gasteiger partial charge in [-0.1, -0.05) is 23.7 Å². The molecular formula is C17H16ClN5. The fraction of sp³-hybridized carbons (Fsp3) is 0.235. The molecule has 1 saturated heterocycles. The molecule has 0 amide bonds. The third-order valence-electron chi connectivity index (χ3n) is 4.28. The topological polar surface area (TPSA) is 67.9 Å². The Balaban J connectivity index is 1.75. The molecular weight excluding hydrogens is 310 g/mol. The molecule has 3 heterocycles. The van der Waals surface area contributed by atoms with Gasteiger partial charge in [-0.05, 0) is 42.7 Å². The van der Waals surface area contributed by atoms with E-state index in [-0.39, 0.29) is 6.04 Å². The summed E-state index contributed by atoms with van der Waals surface area (Å²) < 4.78 is 0. The third kappa shape index (κ3) is 2.57. The Morgan fingerprint density at radius 2 is 2.09 bits per heavy atom. The highest BCUT2D eigenvalue weighted by molar-refractivity contribution is 6.30. The molecule has 2 N–H and O–H groups in total. The Bertz CT molecular complexity index is 866. The van der Waals surface area contributed by atoms with E-state index in [0.717, 1.165) is 35.7 Å². The summed E-state index contributed by atoms with van der Waals surface area (Å²) in [5.74, 6) is 1.32. The quantitative estimate of drug-likeness (QED) is 0.779. The van der Waals surface area contributed by atoms with Crippen molar-refractivity contribution in [1.82, 2.24) is 15.0 Å². The maximum atomic E-state index is 6.15. The van der Waals surface area contributed by atoms with Crippen LogP contribution in [0.4, 0.5) is 11.6 Å². The van der Waals surface area contributed by atoms with Crippen LogP contribution in [0.25, 0.3) is 11.0 Å². The fourth-order valence-corrected chi connectivity index (χ4v) is 3.41. The molecule has 1 aliphatic heterocycles. The third-order valence-corrected chi connectivity index (χ3v) is 4.51. The first kappa shape index (κ1) is 14.2. The van der Waals surface area contributed by atoms with Gasteiger partial charge in [-0.15, -0.1) is 0 Å². The lowest BCUT2D eigenvalue weighted by molar-refractivity contribution is 0.713. The average Bonchev–Trinajstić information content (AvgIpc) is 3.05. The fourth-order valence-electron chi connectivity index (χ4n) is 3.21. The molecule has 4 rings (SSSR count). The van der Waals surface area contributed by atoms with Crippen LogP contribution >= 0.6 is 11.6 Å². The van der Waals surface area contributed by atoms with Crippen molar-refractivity contribution in [2.75, 3.05) is 17.2 Å². The van der Waals surface area contributed by atoms with Gasteiger partial charge in [0.25, 0.3) is 0 Å². The number of hydrogen-bond donors (Lipinski definition) is 1. The minimum atomic E-state index is 0.282. The molecule has 2 aromatic heterocycles. The van der Waals surface area contributed by atoms with E-state index in [0.29, 0.717) is 11.3 Å². The van der Waals surface area contributed by atoms with Crippen LogP contribution in [0, 0.1) is 0 Å². The van der Waals surface area contributed by atoms with Crippen LogP contribution in [0.5, 0.6) is 0 Å². The SMILES string of the molecule is Nc1ncnc2ccc(N3CCCC3c3cccc(Cl)c3)nc12. The highest BCUT2D eigenvalue weighted by Gasteiger charge is 2.27. The van der Waals surface area contributed by atoms with Crippen LogP contribution < -0.4 is 10.6 Å². The summed E-state index contributed by atoms with van der Waals surface area (Å²) in [4.78, 5) is 15.2. The van der Waals surface area contributed by atoms with E-state index in [4.69, 9.17) is 22.3 Å². The number of pyridine rings is 1. The van der Waals surface area contributed by atoms with E-state index in [2.05, 4.69) is 20.9 Å². The lowest BCUT2D eigenvalue weighted by Gasteiger charge is -2.26. The Morgan fingerprint density at radius 3 is 2.96 bits per heavy atom. The number of nitrogens with two attached hydrogens (primary N) is 1. The summed E-state index contributed by atoms with van der Waals surface area (Å²) >= 11 is 6.15. The van der Waals surface area contributed by atoms with E-state index in [1.54, 1.807) is 0 Å². The summed E-state index contributed by atoms with van der Waals surface area (Å²) in [7, 11) is 0. The van der Waals surface area contributed by atoms with Crippen LogP contribution in [-0.4, -0.2) is 21.5 Å². The van der Waals surface area contributed by atoms with Gasteiger partial charge < -0.3 is 10.6 Å². The minimum Gasteiger partial charge on any atom is -0.382 e. The summed E-state index contributed by atoms with van der Waals surface area (Å²) in [6, 6.07) is 12.3. The van der Waals surface area contributed by atoms with Crippen molar-refractivity contribution in [3.05, 3.63) is 53.3 Å². The summed E-state index contributed by atoms with van der Waals surface area (Å²) in [6.45, 7) is 0.962. The normalized spacial score (nSPS) is 17.8. The van der Waals surface area contributed by atoms with Gasteiger partial charge in [0, 0.05) is 11.6 Å². The Kier molecular flexibility index (Phi) is 3.50. The van der Waals surface area contributed by atoms with E-state index >= 15 is 0 Å². The zero-order valence-corrected chi connectivity index (χ0v) is 13.2.